The van der Waals surface area contributed by atoms with E-state index in [1.54, 1.807) is 0 Å². The van der Waals surface area contributed by atoms with Crippen LogP contribution < -0.4 is 4.74 Å². The van der Waals surface area contributed by atoms with Crippen molar-refractivity contribution in [3.63, 3.8) is 0 Å². The number of phenolic OH excluding ortho intramolecular Hbond substituents is 1. The first-order valence-corrected chi connectivity index (χ1v) is 5.42. The fourth-order valence-electron chi connectivity index (χ4n) is 1.68. The molecular formula is C13H6F6O2. The van der Waals surface area contributed by atoms with Crippen molar-refractivity contribution in [3.05, 3.63) is 47.8 Å². The van der Waals surface area contributed by atoms with Crippen LogP contribution in [0.4, 0.5) is 26.3 Å². The van der Waals surface area contributed by atoms with E-state index >= 15 is 0 Å². The number of benzene rings is 2. The molecule has 0 bridgehead atoms. The Balaban J connectivity index is 2.53. The molecule has 2 aromatic carbocycles. The van der Waals surface area contributed by atoms with E-state index in [0.717, 1.165) is 24.3 Å². The lowest BCUT2D eigenvalue weighted by Crippen LogP contribution is -2.18. The Morgan fingerprint density at radius 3 is 2.14 bits per heavy atom. The summed E-state index contributed by atoms with van der Waals surface area (Å²) in [5.74, 6) is -6.89. The third-order valence-electron chi connectivity index (χ3n) is 2.55. The smallest absolute Gasteiger partial charge is 0.504 e. The minimum Gasteiger partial charge on any atom is -0.504 e. The number of alkyl halides is 3. The van der Waals surface area contributed by atoms with Gasteiger partial charge in [-0.3, -0.25) is 0 Å². The van der Waals surface area contributed by atoms with E-state index in [1.807, 2.05) is 0 Å². The standard InChI is InChI=1S/C13H6F6O2/c14-8-3-1-2-6(10(8)15)7-4-5-9(11(16)12(7)20)21-13(17,18)19/h1-5,20H. The number of hydrogen-bond donors (Lipinski definition) is 1. The molecule has 112 valence electrons. The lowest BCUT2D eigenvalue weighted by molar-refractivity contribution is -0.275. The molecule has 0 aromatic heterocycles. The Kier molecular flexibility index (Phi) is 3.71. The van der Waals surface area contributed by atoms with Gasteiger partial charge in [0.15, 0.2) is 23.1 Å². The van der Waals surface area contributed by atoms with Gasteiger partial charge in [0.25, 0.3) is 0 Å². The van der Waals surface area contributed by atoms with Crippen molar-refractivity contribution in [2.45, 2.75) is 6.36 Å². The van der Waals surface area contributed by atoms with Gasteiger partial charge in [-0.05, 0) is 18.2 Å². The molecule has 0 unspecified atom stereocenters. The van der Waals surface area contributed by atoms with Crippen LogP contribution in [-0.2, 0) is 0 Å². The molecule has 0 heterocycles. The first kappa shape index (κ1) is 15.0. The molecule has 0 amide bonds. The number of phenols is 1. The van der Waals surface area contributed by atoms with Crippen molar-refractivity contribution in [2.75, 3.05) is 0 Å². The van der Waals surface area contributed by atoms with E-state index in [9.17, 15) is 31.4 Å². The predicted molar refractivity (Wildman–Crippen MR) is 60.1 cm³/mol. The van der Waals surface area contributed by atoms with Crippen molar-refractivity contribution in [1.29, 1.82) is 0 Å². The molecule has 0 aliphatic rings. The van der Waals surface area contributed by atoms with Gasteiger partial charge in [0, 0.05) is 11.1 Å². The van der Waals surface area contributed by atoms with Gasteiger partial charge in [-0.25, -0.2) is 8.78 Å². The van der Waals surface area contributed by atoms with Crippen molar-refractivity contribution < 1.29 is 36.2 Å². The van der Waals surface area contributed by atoms with Crippen molar-refractivity contribution in [2.24, 2.45) is 0 Å². The summed E-state index contributed by atoms with van der Waals surface area (Å²) in [5, 5.41) is 9.53. The maximum Gasteiger partial charge on any atom is 0.573 e. The molecule has 1 N–H and O–H groups in total. The quantitative estimate of drug-likeness (QED) is 0.835. The van der Waals surface area contributed by atoms with Crippen LogP contribution in [0.1, 0.15) is 0 Å². The van der Waals surface area contributed by atoms with Crippen molar-refractivity contribution in [1.82, 2.24) is 0 Å². The zero-order valence-corrected chi connectivity index (χ0v) is 10.0. The molecule has 0 radical (unpaired) electrons. The predicted octanol–water partition coefficient (Wildman–Crippen LogP) is 4.38. The minimum atomic E-state index is -5.15. The maximum atomic E-state index is 13.6. The SMILES string of the molecule is Oc1c(-c2cccc(F)c2F)ccc(OC(F)(F)F)c1F. The zero-order valence-electron chi connectivity index (χ0n) is 10.0. The van der Waals surface area contributed by atoms with E-state index in [1.165, 1.54) is 0 Å². The van der Waals surface area contributed by atoms with Crippen LogP contribution in [-0.4, -0.2) is 11.5 Å². The fraction of sp³-hybridized carbons (Fsp3) is 0.0769. The van der Waals surface area contributed by atoms with Gasteiger partial charge in [-0.2, -0.15) is 4.39 Å². The summed E-state index contributed by atoms with van der Waals surface area (Å²) in [7, 11) is 0. The fourth-order valence-corrected chi connectivity index (χ4v) is 1.68. The van der Waals surface area contributed by atoms with E-state index in [-0.39, 0.29) is 0 Å². The Bertz CT molecular complexity index is 681. The number of hydrogen-bond acceptors (Lipinski definition) is 2. The van der Waals surface area contributed by atoms with Gasteiger partial charge >= 0.3 is 6.36 Å². The summed E-state index contributed by atoms with van der Waals surface area (Å²) in [6, 6.07) is 4.29. The summed E-state index contributed by atoms with van der Waals surface area (Å²) < 4.78 is 79.6. The molecule has 0 fully saturated rings. The molecule has 0 aliphatic carbocycles. The average Bonchev–Trinajstić information content (AvgIpc) is 2.38. The molecule has 0 atom stereocenters. The van der Waals surface area contributed by atoms with Gasteiger partial charge in [-0.15, -0.1) is 13.2 Å². The van der Waals surface area contributed by atoms with Gasteiger partial charge < -0.3 is 9.84 Å². The van der Waals surface area contributed by atoms with Gasteiger partial charge in [0.05, 0.1) is 0 Å². The normalized spacial score (nSPS) is 11.5. The Morgan fingerprint density at radius 1 is 0.857 bits per heavy atom. The molecule has 21 heavy (non-hydrogen) atoms. The van der Waals surface area contributed by atoms with Crippen molar-refractivity contribution in [3.8, 4) is 22.6 Å². The Labute approximate surface area is 114 Å². The average molecular weight is 308 g/mol. The molecule has 8 heteroatoms. The summed E-state index contributed by atoms with van der Waals surface area (Å²) in [4.78, 5) is 0. The van der Waals surface area contributed by atoms with Gasteiger partial charge in [0.2, 0.25) is 5.82 Å². The van der Waals surface area contributed by atoms with E-state index in [4.69, 9.17) is 0 Å². The Hall–Kier alpha value is -2.38. The second-order valence-corrected chi connectivity index (χ2v) is 3.92. The van der Waals surface area contributed by atoms with Crippen molar-refractivity contribution >= 4 is 0 Å². The molecule has 2 nitrogen and oxygen atoms in total. The summed E-state index contributed by atoms with van der Waals surface area (Å²) in [6.07, 6.45) is -5.15. The minimum absolute atomic E-state index is 0.495. The summed E-state index contributed by atoms with van der Waals surface area (Å²) in [6.45, 7) is 0. The number of halogens is 6. The van der Waals surface area contributed by atoms with Crippen LogP contribution in [0.25, 0.3) is 11.1 Å². The number of aromatic hydroxyl groups is 1. The van der Waals surface area contributed by atoms with E-state index in [0.29, 0.717) is 6.07 Å². The van der Waals surface area contributed by atoms with Gasteiger partial charge in [0.1, 0.15) is 0 Å². The van der Waals surface area contributed by atoms with Crippen LogP contribution in [0, 0.1) is 17.5 Å². The highest BCUT2D eigenvalue weighted by Gasteiger charge is 2.33. The molecule has 0 saturated heterocycles. The third-order valence-corrected chi connectivity index (χ3v) is 2.55. The molecule has 0 spiro atoms. The van der Waals surface area contributed by atoms with Crippen LogP contribution >= 0.6 is 0 Å². The van der Waals surface area contributed by atoms with E-state index < -0.39 is 46.4 Å². The first-order chi connectivity index (χ1) is 9.70. The number of rotatable bonds is 2. The highest BCUT2D eigenvalue weighted by Crippen LogP contribution is 2.39. The number of ether oxygens (including phenoxy) is 1. The maximum absolute atomic E-state index is 13.6. The second-order valence-electron chi connectivity index (χ2n) is 3.92. The summed E-state index contributed by atoms with van der Waals surface area (Å²) >= 11 is 0. The first-order valence-electron chi connectivity index (χ1n) is 5.42. The molecule has 2 aromatic rings. The largest absolute Gasteiger partial charge is 0.573 e. The molecule has 2 rings (SSSR count). The lowest BCUT2D eigenvalue weighted by atomic mass is 10.0. The molecular weight excluding hydrogens is 302 g/mol. The molecule has 0 aliphatic heterocycles. The topological polar surface area (TPSA) is 29.5 Å². The monoisotopic (exact) mass is 308 g/mol. The van der Waals surface area contributed by atoms with Crippen LogP contribution in [0.2, 0.25) is 0 Å². The highest BCUT2D eigenvalue weighted by atomic mass is 19.4. The van der Waals surface area contributed by atoms with Crippen LogP contribution in [0.3, 0.4) is 0 Å². The summed E-state index contributed by atoms with van der Waals surface area (Å²) in [5.41, 5.74) is -0.996. The highest BCUT2D eigenvalue weighted by molar-refractivity contribution is 5.72. The third kappa shape index (κ3) is 3.04. The van der Waals surface area contributed by atoms with Gasteiger partial charge in [-0.1, -0.05) is 12.1 Å². The Morgan fingerprint density at radius 2 is 1.52 bits per heavy atom. The van der Waals surface area contributed by atoms with Crippen LogP contribution in [0.15, 0.2) is 30.3 Å². The van der Waals surface area contributed by atoms with E-state index in [2.05, 4.69) is 4.74 Å². The molecule has 0 saturated carbocycles. The second kappa shape index (κ2) is 5.19. The lowest BCUT2D eigenvalue weighted by Gasteiger charge is -2.13. The van der Waals surface area contributed by atoms with Crippen LogP contribution in [0.5, 0.6) is 11.5 Å². The zero-order chi connectivity index (χ0) is 15.8.